The van der Waals surface area contributed by atoms with Gasteiger partial charge in [0.2, 0.25) is 0 Å². The van der Waals surface area contributed by atoms with Crippen LogP contribution in [0.25, 0.3) is 32.9 Å². The molecule has 0 amide bonds. The number of aromatic carboxylic acids is 1. The van der Waals surface area contributed by atoms with Gasteiger partial charge in [0, 0.05) is 147 Å². The minimum Gasteiger partial charge on any atom is -0.478 e. The fourth-order valence-corrected chi connectivity index (χ4v) is 15.9. The van der Waals surface area contributed by atoms with Crippen molar-refractivity contribution in [3.8, 4) is 0 Å². The number of nitrogens with one attached hydrogen (secondary N) is 1. The SMILES string of the molecule is CCc1c(N(CC)C2CCOCC2)cc2oc(CBr)cc2c1C(=O)OC.CCc1c(N(CC)C2CCOCC2)cc2oc(CN3CCCCC3)cc2c1C(=O)O.CCc1c(N(CC)C2CCOCC2)cc2oc(CN3CCCCC3)cc2c1C(=O)OC.CCc1cc(C)[nH]c(=O)c1CN.Cl. The normalized spacial score (nSPS) is 16.6. The van der Waals surface area contributed by atoms with Crippen molar-refractivity contribution in [2.45, 2.75) is 201 Å². The molecule has 7 aromatic rings. The fourth-order valence-electron chi connectivity index (χ4n) is 15.6. The third-order valence-electron chi connectivity index (χ3n) is 20.5. The molecule has 0 saturated carbocycles. The number of aromatic nitrogens is 1. The number of hydrogen-bond donors (Lipinski definition) is 3. The molecule has 0 radical (unpaired) electrons. The average molecular weight is 1470 g/mol. The summed E-state index contributed by atoms with van der Waals surface area (Å²) < 4.78 is 45.5. The molecule has 5 aliphatic heterocycles. The van der Waals surface area contributed by atoms with Gasteiger partial charge in [0.1, 0.15) is 34.0 Å². The summed E-state index contributed by atoms with van der Waals surface area (Å²) in [5, 5.41) is 13.2. The van der Waals surface area contributed by atoms with Gasteiger partial charge in [0.15, 0.2) is 0 Å². The third kappa shape index (κ3) is 18.9. The lowest BCUT2D eigenvalue weighted by molar-refractivity contribution is 0.0592. The standard InChI is InChI=1S/C25H36N2O4.C24H34N2O4.C20H26BrNO4.C9H14N2O.ClH/c1-4-20-22(27(5-2)18-9-13-30-14-10-18)16-23-21(24(20)25(28)29-3)15-19(31-23)17-26-11-7-6-8-12-26;1-3-19-21(26(4-2)17-8-12-29-13-9-17)15-22-20(23(19)24(27)28)14-18(30-22)16-25-10-6-5-7-11-25;1-4-15-17(22(5-2)13-6-8-25-9-7-13)11-18-16(10-14(12-21)26-18)19(15)20(23)24-3;1-3-7-4-6(2)11-9(12)8(7)5-10;/h15-16,18H,4-14,17H2,1-3H3;14-15,17H,3-13,16H2,1-2H3,(H,27,28);10-11,13H,4-9,12H2,1-3H3;4H,3,5,10H2,1-2H3,(H,11,12);1H. The third-order valence-corrected chi connectivity index (χ3v) is 21.1. The first kappa shape index (κ1) is 79.3. The minimum absolute atomic E-state index is 0. The molecule has 22 heteroatoms. The predicted molar refractivity (Wildman–Crippen MR) is 404 cm³/mol. The number of nitrogens with two attached hydrogens (primary N) is 1. The number of esters is 2. The van der Waals surface area contributed by atoms with Gasteiger partial charge in [0.05, 0.1) is 49.3 Å². The molecule has 0 spiro atoms. The lowest BCUT2D eigenvalue weighted by atomic mass is 9.96. The zero-order valence-electron chi connectivity index (χ0n) is 61.1. The Hall–Kier alpha value is -6.43. The maximum absolute atomic E-state index is 12.9. The quantitative estimate of drug-likeness (QED) is 0.0423. The van der Waals surface area contributed by atoms with Crippen molar-refractivity contribution < 1.29 is 56.4 Å². The molecule has 4 N–H and O–H groups in total. The van der Waals surface area contributed by atoms with E-state index in [9.17, 15) is 24.3 Å². The van der Waals surface area contributed by atoms with Crippen molar-refractivity contribution in [3.63, 3.8) is 0 Å². The van der Waals surface area contributed by atoms with Crippen molar-refractivity contribution >= 4 is 96.2 Å². The summed E-state index contributed by atoms with van der Waals surface area (Å²) in [6.45, 7) is 30.1. The summed E-state index contributed by atoms with van der Waals surface area (Å²) in [5.74, 6) is 1.14. The van der Waals surface area contributed by atoms with Gasteiger partial charge in [-0.3, -0.25) is 14.6 Å². The van der Waals surface area contributed by atoms with E-state index in [1.165, 1.54) is 52.7 Å². The number of fused-ring (bicyclic) bond motifs is 3. The van der Waals surface area contributed by atoms with Crippen LogP contribution in [-0.4, -0.2) is 156 Å². The van der Waals surface area contributed by atoms with E-state index in [-0.39, 0.29) is 29.9 Å². The maximum atomic E-state index is 12.9. The molecule has 0 bridgehead atoms. The number of benzene rings is 3. The lowest BCUT2D eigenvalue weighted by Gasteiger charge is -2.36. The van der Waals surface area contributed by atoms with Gasteiger partial charge in [-0.05, 0) is 190 Å². The van der Waals surface area contributed by atoms with E-state index < -0.39 is 5.97 Å². The fraction of sp³-hybridized carbons (Fsp3) is 0.590. The number of methoxy groups -OCH3 is 2. The second-order valence-corrected chi connectivity index (χ2v) is 27.1. The van der Waals surface area contributed by atoms with Crippen LogP contribution in [0.1, 0.15) is 207 Å². The number of hydrogen-bond acceptors (Lipinski definition) is 18. The number of aromatic amines is 1. The van der Waals surface area contributed by atoms with Crippen LogP contribution in [0.15, 0.2) is 60.5 Å². The highest BCUT2D eigenvalue weighted by atomic mass is 79.9. The molecule has 5 aliphatic rings. The van der Waals surface area contributed by atoms with Crippen LogP contribution in [0.3, 0.4) is 0 Å². The Morgan fingerprint density at radius 1 is 0.530 bits per heavy atom. The number of alkyl halides is 1. The van der Waals surface area contributed by atoms with Crippen LogP contribution in [0.2, 0.25) is 0 Å². The number of nitrogens with zero attached hydrogens (tertiary/aromatic N) is 5. The highest BCUT2D eigenvalue weighted by molar-refractivity contribution is 9.08. The van der Waals surface area contributed by atoms with Gasteiger partial charge in [-0.25, -0.2) is 14.4 Å². The molecule has 4 aromatic heterocycles. The second kappa shape index (κ2) is 38.7. The van der Waals surface area contributed by atoms with Crippen LogP contribution >= 0.6 is 28.3 Å². The number of anilines is 3. The van der Waals surface area contributed by atoms with Gasteiger partial charge in [-0.2, -0.15) is 0 Å². The summed E-state index contributed by atoms with van der Waals surface area (Å²) in [6.07, 6.45) is 16.5. The van der Waals surface area contributed by atoms with Crippen molar-refractivity contribution in [2.75, 3.05) is 114 Å². The van der Waals surface area contributed by atoms with Crippen molar-refractivity contribution in [3.05, 3.63) is 120 Å². The number of carboxylic acid groups (broad SMARTS) is 1. The molecule has 9 heterocycles. The number of pyridine rings is 1. The molecule has 5 saturated heterocycles. The summed E-state index contributed by atoms with van der Waals surface area (Å²) >= 11 is 3.44. The number of carboxylic acids is 1. The smallest absolute Gasteiger partial charge is 0.338 e. The van der Waals surface area contributed by atoms with Gasteiger partial charge >= 0.3 is 17.9 Å². The molecule has 12 rings (SSSR count). The molecular weight excluding hydrogens is 1360 g/mol. The van der Waals surface area contributed by atoms with E-state index in [0.717, 1.165) is 246 Å². The van der Waals surface area contributed by atoms with Crippen LogP contribution in [-0.2, 0) is 74.3 Å². The summed E-state index contributed by atoms with van der Waals surface area (Å²) in [6, 6.07) is 15.4. The Morgan fingerprint density at radius 2 is 0.880 bits per heavy atom. The second-order valence-electron chi connectivity index (χ2n) is 26.5. The van der Waals surface area contributed by atoms with E-state index in [1.807, 2.05) is 39.0 Å². The van der Waals surface area contributed by atoms with Gasteiger partial charge < -0.3 is 67.5 Å². The molecule has 0 aliphatic carbocycles. The molecule has 20 nitrogen and oxygen atoms in total. The average Bonchev–Trinajstić information content (AvgIpc) is 1.41. The summed E-state index contributed by atoms with van der Waals surface area (Å²) in [4.78, 5) is 64.0. The predicted octanol–water partition coefficient (Wildman–Crippen LogP) is 15.3. The van der Waals surface area contributed by atoms with E-state index >= 15 is 0 Å². The molecular formula is C78H111BrClN7O13. The Morgan fingerprint density at radius 3 is 1.20 bits per heavy atom. The van der Waals surface area contributed by atoms with E-state index in [2.05, 4.69) is 104 Å². The van der Waals surface area contributed by atoms with Crippen LogP contribution in [0.4, 0.5) is 17.1 Å². The summed E-state index contributed by atoms with van der Waals surface area (Å²) in [5.41, 5.74) is 18.2. The Kier molecular flexibility index (Phi) is 30.7. The first-order valence-corrected chi connectivity index (χ1v) is 37.8. The molecule has 100 heavy (non-hydrogen) atoms. The lowest BCUT2D eigenvalue weighted by Crippen LogP contribution is -2.40. The number of aryl methyl sites for hydroxylation is 2. The molecule has 5 fully saturated rings. The monoisotopic (exact) mass is 1470 g/mol. The number of furan rings is 3. The number of carbonyl (C=O) groups is 3. The number of ether oxygens (including phenoxy) is 5. The van der Waals surface area contributed by atoms with Crippen LogP contribution in [0, 0.1) is 6.92 Å². The number of rotatable bonds is 22. The van der Waals surface area contributed by atoms with E-state index in [4.69, 9.17) is 42.7 Å². The zero-order valence-corrected chi connectivity index (χ0v) is 63.5. The van der Waals surface area contributed by atoms with Crippen molar-refractivity contribution in [1.29, 1.82) is 0 Å². The van der Waals surface area contributed by atoms with Crippen LogP contribution < -0.4 is 26.0 Å². The van der Waals surface area contributed by atoms with Gasteiger partial charge in [0.25, 0.3) is 5.56 Å². The Balaban J connectivity index is 0.000000176. The number of carbonyl (C=O) groups excluding carboxylic acids is 2. The minimum atomic E-state index is -0.868. The largest absolute Gasteiger partial charge is 0.478 e. The van der Waals surface area contributed by atoms with E-state index in [0.29, 0.717) is 64.3 Å². The Labute approximate surface area is 605 Å². The Bertz CT molecular complexity index is 3850. The molecule has 3 aromatic carbocycles. The maximum Gasteiger partial charge on any atom is 0.338 e. The highest BCUT2D eigenvalue weighted by Gasteiger charge is 2.32. The number of likely N-dealkylation sites (tertiary alicyclic amines) is 2. The number of halogens is 2. The topological polar surface area (TPSA) is 232 Å². The van der Waals surface area contributed by atoms with Crippen molar-refractivity contribution in [2.24, 2.45) is 5.73 Å². The number of piperidine rings is 2. The van der Waals surface area contributed by atoms with Crippen molar-refractivity contribution in [1.82, 2.24) is 14.8 Å². The highest BCUT2D eigenvalue weighted by Crippen LogP contribution is 2.41. The zero-order chi connectivity index (χ0) is 70.7. The molecule has 0 unspecified atom stereocenters. The molecule has 550 valence electrons. The number of H-pyrrole nitrogens is 1. The van der Waals surface area contributed by atoms with Gasteiger partial charge in [-0.15, -0.1) is 12.4 Å². The van der Waals surface area contributed by atoms with E-state index in [1.54, 1.807) is 0 Å². The summed E-state index contributed by atoms with van der Waals surface area (Å²) in [7, 11) is 2.90. The first-order valence-electron chi connectivity index (χ1n) is 36.7. The molecule has 0 atom stereocenters. The van der Waals surface area contributed by atoms with Crippen LogP contribution in [0.5, 0.6) is 0 Å². The first-order chi connectivity index (χ1) is 48.1. The van der Waals surface area contributed by atoms with Gasteiger partial charge in [-0.1, -0.05) is 56.5 Å².